The summed E-state index contributed by atoms with van der Waals surface area (Å²) >= 11 is 6.01. The molecule has 1 aliphatic heterocycles. The molecule has 2 aliphatic rings. The first-order valence-electron chi connectivity index (χ1n) is 7.78. The minimum absolute atomic E-state index is 0.108. The van der Waals surface area contributed by atoms with Crippen molar-refractivity contribution in [3.63, 3.8) is 0 Å². The fourth-order valence-corrected chi connectivity index (χ4v) is 6.23. The van der Waals surface area contributed by atoms with Crippen molar-refractivity contribution in [3.8, 4) is 0 Å². The summed E-state index contributed by atoms with van der Waals surface area (Å²) in [7, 11) is -4.01. The van der Waals surface area contributed by atoms with Crippen LogP contribution in [0.15, 0.2) is 21.9 Å². The van der Waals surface area contributed by atoms with Crippen molar-refractivity contribution in [1.29, 1.82) is 0 Å². The van der Waals surface area contributed by atoms with Gasteiger partial charge in [-0.05, 0) is 51.9 Å². The molecule has 4 N–H and O–H groups in total. The van der Waals surface area contributed by atoms with Gasteiger partial charge in [0, 0.05) is 6.04 Å². The van der Waals surface area contributed by atoms with Gasteiger partial charge in [0.15, 0.2) is 0 Å². The van der Waals surface area contributed by atoms with Gasteiger partial charge in [0.2, 0.25) is 20.0 Å². The van der Waals surface area contributed by atoms with E-state index in [4.69, 9.17) is 16.7 Å². The smallest absolute Gasteiger partial charge is 0.244 e. The predicted molar refractivity (Wildman–Crippen MR) is 95.4 cm³/mol. The van der Waals surface area contributed by atoms with Crippen LogP contribution in [0.2, 0.25) is 5.02 Å². The highest BCUT2D eigenvalue weighted by Gasteiger charge is 2.44. The lowest BCUT2D eigenvalue weighted by atomic mass is 9.85. The molecule has 1 aromatic carbocycles. The lowest BCUT2D eigenvalue weighted by Gasteiger charge is -2.45. The van der Waals surface area contributed by atoms with Gasteiger partial charge in [0.25, 0.3) is 0 Å². The van der Waals surface area contributed by atoms with Gasteiger partial charge in [-0.3, -0.25) is 0 Å². The van der Waals surface area contributed by atoms with Crippen LogP contribution < -0.4 is 15.2 Å². The van der Waals surface area contributed by atoms with Crippen LogP contribution in [0.3, 0.4) is 0 Å². The Morgan fingerprint density at radius 1 is 1.28 bits per heavy atom. The molecule has 11 heteroatoms. The summed E-state index contributed by atoms with van der Waals surface area (Å²) < 4.78 is 51.3. The summed E-state index contributed by atoms with van der Waals surface area (Å²) in [6, 6.07) is 2.71. The number of sulfonamides is 2. The summed E-state index contributed by atoms with van der Waals surface area (Å²) in [6.07, 6.45) is 2.90. The summed E-state index contributed by atoms with van der Waals surface area (Å²) in [6.45, 7) is 0. The molecule has 0 atom stereocenters. The third kappa shape index (κ3) is 3.51. The highest BCUT2D eigenvalue weighted by molar-refractivity contribution is 7.90. The number of rotatable bonds is 2. The number of nitrogens with zero attached hydrogens (tertiary/aromatic N) is 1. The van der Waals surface area contributed by atoms with Crippen LogP contribution in [0.25, 0.3) is 0 Å². The molecule has 1 aliphatic carbocycles. The number of nitrogens with two attached hydrogens (primary N) is 1. The number of fused-ring (bicyclic) bond motifs is 1. The second-order valence-electron chi connectivity index (χ2n) is 6.83. The molecular weight excluding hydrogens is 388 g/mol. The van der Waals surface area contributed by atoms with Crippen molar-refractivity contribution < 1.29 is 16.8 Å². The number of hydrogen-bond donors (Lipinski definition) is 3. The van der Waals surface area contributed by atoms with E-state index in [2.05, 4.69) is 14.9 Å². The third-order valence-electron chi connectivity index (χ3n) is 4.87. The Balaban J connectivity index is 2.01. The zero-order valence-corrected chi connectivity index (χ0v) is 16.3. The molecule has 0 radical (unpaired) electrons. The molecule has 1 saturated carbocycles. The second kappa shape index (κ2) is 6.07. The normalized spacial score (nSPS) is 28.6. The van der Waals surface area contributed by atoms with Crippen LogP contribution in [0.5, 0.6) is 0 Å². The number of nitrogens with one attached hydrogen (secondary N) is 2. The maximum Gasteiger partial charge on any atom is 0.244 e. The first kappa shape index (κ1) is 18.9. The monoisotopic (exact) mass is 408 g/mol. The van der Waals surface area contributed by atoms with Gasteiger partial charge < -0.3 is 10.2 Å². The van der Waals surface area contributed by atoms with Gasteiger partial charge in [-0.15, -0.1) is 0 Å². The van der Waals surface area contributed by atoms with Gasteiger partial charge in [-0.2, -0.15) is 4.72 Å². The van der Waals surface area contributed by atoms with Crippen molar-refractivity contribution in [2.24, 2.45) is 5.14 Å². The molecule has 8 nitrogen and oxygen atoms in total. The zero-order valence-electron chi connectivity index (χ0n) is 13.9. The Hall–Kier alpha value is -0.910. The molecule has 1 spiro atoms. The molecule has 1 heterocycles. The molecule has 140 valence electrons. The fourth-order valence-electron chi connectivity index (χ4n) is 3.51. The average molecular weight is 409 g/mol. The van der Waals surface area contributed by atoms with Crippen LogP contribution in [0.4, 0.5) is 5.69 Å². The standard InChI is InChI=1S/C14H21ClN4O4S2/c1-19(2)9-3-5-14(6-4-9)17-11-7-10(15)12(24(16,20)21)8-13(11)25(22,23)18-14/h7-9,17-18H,3-6H2,1-2H3,(H2,16,20,21). The van der Waals surface area contributed by atoms with Crippen LogP contribution in [-0.2, 0) is 20.0 Å². The van der Waals surface area contributed by atoms with E-state index in [9.17, 15) is 16.8 Å². The fraction of sp³-hybridized carbons (Fsp3) is 0.571. The van der Waals surface area contributed by atoms with E-state index in [1.807, 2.05) is 14.1 Å². The van der Waals surface area contributed by atoms with Gasteiger partial charge in [0.05, 0.1) is 10.7 Å². The van der Waals surface area contributed by atoms with Crippen molar-refractivity contribution in [1.82, 2.24) is 9.62 Å². The minimum Gasteiger partial charge on any atom is -0.365 e. The quantitative estimate of drug-likeness (QED) is 0.668. The Bertz CT molecular complexity index is 907. The van der Waals surface area contributed by atoms with Crippen LogP contribution in [0, 0.1) is 0 Å². The van der Waals surface area contributed by atoms with Gasteiger partial charge in [-0.1, -0.05) is 11.6 Å². The highest BCUT2D eigenvalue weighted by Crippen LogP contribution is 2.40. The molecule has 25 heavy (non-hydrogen) atoms. The van der Waals surface area contributed by atoms with E-state index < -0.39 is 30.6 Å². The number of benzene rings is 1. The molecule has 0 saturated heterocycles. The zero-order chi connectivity index (χ0) is 18.6. The molecule has 1 fully saturated rings. The van der Waals surface area contributed by atoms with Crippen molar-refractivity contribution in [2.75, 3.05) is 19.4 Å². The van der Waals surface area contributed by atoms with Gasteiger partial charge in [-0.25, -0.2) is 22.0 Å². The van der Waals surface area contributed by atoms with E-state index in [-0.39, 0.29) is 9.92 Å². The predicted octanol–water partition coefficient (Wildman–Crippen LogP) is 0.892. The lowest BCUT2D eigenvalue weighted by molar-refractivity contribution is 0.176. The first-order chi connectivity index (χ1) is 11.4. The van der Waals surface area contributed by atoms with E-state index in [0.29, 0.717) is 24.6 Å². The van der Waals surface area contributed by atoms with E-state index in [0.717, 1.165) is 18.9 Å². The maximum absolute atomic E-state index is 12.7. The minimum atomic E-state index is -4.12. The molecular formula is C14H21ClN4O4S2. The number of halogens is 1. The lowest BCUT2D eigenvalue weighted by Crippen LogP contribution is -2.60. The Morgan fingerprint density at radius 3 is 2.40 bits per heavy atom. The summed E-state index contributed by atoms with van der Waals surface area (Å²) in [4.78, 5) is 1.56. The first-order valence-corrected chi connectivity index (χ1v) is 11.2. The highest BCUT2D eigenvalue weighted by atomic mass is 35.5. The molecule has 0 unspecified atom stereocenters. The number of hydrogen-bond acceptors (Lipinski definition) is 6. The molecule has 0 amide bonds. The topological polar surface area (TPSA) is 122 Å². The number of anilines is 1. The molecule has 0 bridgehead atoms. The average Bonchev–Trinajstić information content (AvgIpc) is 2.44. The molecule has 3 rings (SSSR count). The summed E-state index contributed by atoms with van der Waals surface area (Å²) in [5, 5.41) is 8.22. The summed E-state index contributed by atoms with van der Waals surface area (Å²) in [5.74, 6) is 0. The number of primary sulfonamides is 1. The maximum atomic E-state index is 12.7. The third-order valence-corrected chi connectivity index (χ3v) is 7.82. The van der Waals surface area contributed by atoms with Gasteiger partial charge in [0.1, 0.15) is 15.5 Å². The Morgan fingerprint density at radius 2 is 1.88 bits per heavy atom. The van der Waals surface area contributed by atoms with E-state index >= 15 is 0 Å². The Labute approximate surface area is 152 Å². The second-order valence-corrected chi connectivity index (χ2v) is 10.4. The summed E-state index contributed by atoms with van der Waals surface area (Å²) in [5.41, 5.74) is -0.496. The van der Waals surface area contributed by atoms with E-state index in [1.54, 1.807) is 0 Å². The van der Waals surface area contributed by atoms with Crippen molar-refractivity contribution in [2.45, 2.75) is 47.2 Å². The van der Waals surface area contributed by atoms with Crippen molar-refractivity contribution >= 4 is 37.3 Å². The van der Waals surface area contributed by atoms with Crippen molar-refractivity contribution in [3.05, 3.63) is 17.2 Å². The van der Waals surface area contributed by atoms with Crippen LogP contribution in [0.1, 0.15) is 25.7 Å². The van der Waals surface area contributed by atoms with Crippen LogP contribution in [-0.4, -0.2) is 47.5 Å². The van der Waals surface area contributed by atoms with E-state index in [1.165, 1.54) is 6.07 Å². The molecule has 0 aromatic heterocycles. The SMILES string of the molecule is CN(C)C1CCC2(CC1)Nc1cc(Cl)c(S(N)(=O)=O)cc1S(=O)(=O)N2. The van der Waals surface area contributed by atoms with Gasteiger partial charge >= 0.3 is 0 Å². The molecule has 1 aromatic rings. The van der Waals surface area contributed by atoms with Crippen LogP contribution >= 0.6 is 11.6 Å². The largest absolute Gasteiger partial charge is 0.365 e. The Kier molecular flexibility index (Phi) is 4.58.